The molecular weight excluding hydrogens is 276 g/mol. The molecule has 2 aromatic carbocycles. The van der Waals surface area contributed by atoms with Crippen LogP contribution in [0.2, 0.25) is 5.02 Å². The summed E-state index contributed by atoms with van der Waals surface area (Å²) in [4.78, 5) is 11.9. The van der Waals surface area contributed by atoms with Gasteiger partial charge in [-0.1, -0.05) is 29.8 Å². The molecule has 5 heteroatoms. The lowest BCUT2D eigenvalue weighted by molar-refractivity contribution is 0.262. The fourth-order valence-electron chi connectivity index (χ4n) is 1.74. The van der Waals surface area contributed by atoms with E-state index in [1.54, 1.807) is 25.3 Å². The van der Waals surface area contributed by atoms with E-state index < -0.39 is 0 Å². The number of rotatable bonds is 3. The molecule has 0 radical (unpaired) electrons. The number of aryl methyl sites for hydroxylation is 1. The van der Waals surface area contributed by atoms with Crippen molar-refractivity contribution in [1.29, 1.82) is 0 Å². The molecule has 2 amide bonds. The maximum Gasteiger partial charge on any atom is 0.323 e. The number of anilines is 2. The van der Waals surface area contributed by atoms with Gasteiger partial charge in [-0.25, -0.2) is 4.79 Å². The van der Waals surface area contributed by atoms with E-state index >= 15 is 0 Å². The minimum atomic E-state index is -0.319. The fraction of sp³-hybridized carbons (Fsp3) is 0.133. The van der Waals surface area contributed by atoms with Crippen molar-refractivity contribution in [2.45, 2.75) is 6.92 Å². The van der Waals surface area contributed by atoms with Gasteiger partial charge in [-0.2, -0.15) is 0 Å². The molecule has 2 rings (SSSR count). The summed E-state index contributed by atoms with van der Waals surface area (Å²) >= 11 is 6.00. The maximum absolute atomic E-state index is 11.9. The summed E-state index contributed by atoms with van der Waals surface area (Å²) < 4.78 is 5.06. The fourth-order valence-corrected chi connectivity index (χ4v) is 2.00. The van der Waals surface area contributed by atoms with E-state index in [-0.39, 0.29) is 6.03 Å². The molecule has 2 aromatic rings. The van der Waals surface area contributed by atoms with Gasteiger partial charge in [-0.15, -0.1) is 0 Å². The van der Waals surface area contributed by atoms with Crippen LogP contribution in [-0.4, -0.2) is 13.1 Å². The molecule has 2 N–H and O–H groups in total. The Bertz CT molecular complexity index is 629. The van der Waals surface area contributed by atoms with E-state index in [0.29, 0.717) is 16.5 Å². The molecule has 0 saturated heterocycles. The Morgan fingerprint density at radius 3 is 2.55 bits per heavy atom. The van der Waals surface area contributed by atoms with Crippen LogP contribution >= 0.6 is 11.6 Å². The molecule has 0 spiro atoms. The van der Waals surface area contributed by atoms with Gasteiger partial charge in [0.05, 0.1) is 12.1 Å². The van der Waals surface area contributed by atoms with E-state index in [9.17, 15) is 4.79 Å². The predicted octanol–water partition coefficient (Wildman–Crippen LogP) is 4.30. The SMILES string of the molecule is COc1ccc(NC(=O)Nc2ccccc2C)cc1Cl. The lowest BCUT2D eigenvalue weighted by Crippen LogP contribution is -2.19. The van der Waals surface area contributed by atoms with Crippen LogP contribution in [0.4, 0.5) is 16.2 Å². The molecule has 0 aliphatic carbocycles. The second-order valence-electron chi connectivity index (χ2n) is 4.24. The first-order valence-electron chi connectivity index (χ1n) is 6.07. The van der Waals surface area contributed by atoms with Gasteiger partial charge in [0.1, 0.15) is 5.75 Å². The maximum atomic E-state index is 11.9. The number of ether oxygens (including phenoxy) is 1. The molecule has 0 heterocycles. The summed E-state index contributed by atoms with van der Waals surface area (Å²) in [6.07, 6.45) is 0. The third kappa shape index (κ3) is 3.42. The molecule has 0 aliphatic heterocycles. The van der Waals surface area contributed by atoms with Crippen LogP contribution in [0.1, 0.15) is 5.56 Å². The van der Waals surface area contributed by atoms with Crippen molar-refractivity contribution in [1.82, 2.24) is 0 Å². The zero-order valence-corrected chi connectivity index (χ0v) is 12.0. The van der Waals surface area contributed by atoms with Gasteiger partial charge in [0.25, 0.3) is 0 Å². The molecular formula is C15H15ClN2O2. The van der Waals surface area contributed by atoms with Gasteiger partial charge in [-0.3, -0.25) is 0 Å². The second kappa shape index (κ2) is 6.30. The number of para-hydroxylation sites is 1. The number of halogens is 1. The molecule has 0 aromatic heterocycles. The first-order valence-corrected chi connectivity index (χ1v) is 6.45. The lowest BCUT2D eigenvalue weighted by atomic mass is 10.2. The van der Waals surface area contributed by atoms with Crippen LogP contribution in [0.5, 0.6) is 5.75 Å². The highest BCUT2D eigenvalue weighted by atomic mass is 35.5. The van der Waals surface area contributed by atoms with Crippen LogP contribution < -0.4 is 15.4 Å². The number of methoxy groups -OCH3 is 1. The van der Waals surface area contributed by atoms with E-state index in [4.69, 9.17) is 16.3 Å². The van der Waals surface area contributed by atoms with Gasteiger partial charge < -0.3 is 15.4 Å². The topological polar surface area (TPSA) is 50.4 Å². The first-order chi connectivity index (χ1) is 9.60. The average Bonchev–Trinajstić information content (AvgIpc) is 2.41. The van der Waals surface area contributed by atoms with Crippen LogP contribution in [0.25, 0.3) is 0 Å². The zero-order chi connectivity index (χ0) is 14.5. The van der Waals surface area contributed by atoms with E-state index in [0.717, 1.165) is 11.3 Å². The quantitative estimate of drug-likeness (QED) is 0.885. The summed E-state index contributed by atoms with van der Waals surface area (Å²) in [5.74, 6) is 0.566. The van der Waals surface area contributed by atoms with Gasteiger partial charge in [0.2, 0.25) is 0 Å². The third-order valence-electron chi connectivity index (χ3n) is 2.80. The number of carbonyl (C=O) groups excluding carboxylic acids is 1. The van der Waals surface area contributed by atoms with Crippen molar-refractivity contribution >= 4 is 29.0 Å². The summed E-state index contributed by atoms with van der Waals surface area (Å²) in [5.41, 5.74) is 2.36. The van der Waals surface area contributed by atoms with Gasteiger partial charge in [0, 0.05) is 11.4 Å². The number of hydrogen-bond donors (Lipinski definition) is 2. The molecule has 4 nitrogen and oxygen atoms in total. The van der Waals surface area contributed by atoms with E-state index in [1.807, 2.05) is 31.2 Å². The van der Waals surface area contributed by atoms with Crippen molar-refractivity contribution in [3.8, 4) is 5.75 Å². The highest BCUT2D eigenvalue weighted by molar-refractivity contribution is 6.32. The summed E-state index contributed by atoms with van der Waals surface area (Å²) in [6, 6.07) is 12.3. The van der Waals surface area contributed by atoms with Crippen molar-refractivity contribution in [2.75, 3.05) is 17.7 Å². The third-order valence-corrected chi connectivity index (χ3v) is 3.10. The molecule has 0 atom stereocenters. The summed E-state index contributed by atoms with van der Waals surface area (Å²) in [6.45, 7) is 1.93. The van der Waals surface area contributed by atoms with Crippen molar-refractivity contribution in [3.05, 3.63) is 53.1 Å². The molecule has 0 fully saturated rings. The van der Waals surface area contributed by atoms with Crippen molar-refractivity contribution in [3.63, 3.8) is 0 Å². The molecule has 104 valence electrons. The standard InChI is InChI=1S/C15H15ClN2O2/c1-10-5-3-4-6-13(10)18-15(19)17-11-7-8-14(20-2)12(16)9-11/h3-9H,1-2H3,(H2,17,18,19). The Hall–Kier alpha value is -2.20. The molecule has 0 unspecified atom stereocenters. The summed E-state index contributed by atoms with van der Waals surface area (Å²) in [5, 5.41) is 5.95. The number of hydrogen-bond acceptors (Lipinski definition) is 2. The Kier molecular flexibility index (Phi) is 4.48. The number of nitrogens with one attached hydrogen (secondary N) is 2. The first kappa shape index (κ1) is 14.2. The smallest absolute Gasteiger partial charge is 0.323 e. The van der Waals surface area contributed by atoms with Crippen LogP contribution in [0.15, 0.2) is 42.5 Å². The Balaban J connectivity index is 2.05. The number of carbonyl (C=O) groups is 1. The normalized spacial score (nSPS) is 9.95. The van der Waals surface area contributed by atoms with Crippen molar-refractivity contribution in [2.24, 2.45) is 0 Å². The Morgan fingerprint density at radius 1 is 1.15 bits per heavy atom. The largest absolute Gasteiger partial charge is 0.495 e. The Morgan fingerprint density at radius 2 is 1.90 bits per heavy atom. The minimum Gasteiger partial charge on any atom is -0.495 e. The molecule has 0 saturated carbocycles. The van der Waals surface area contributed by atoms with Crippen LogP contribution in [0.3, 0.4) is 0 Å². The molecule has 20 heavy (non-hydrogen) atoms. The highest BCUT2D eigenvalue weighted by Crippen LogP contribution is 2.27. The lowest BCUT2D eigenvalue weighted by Gasteiger charge is -2.10. The number of amides is 2. The predicted molar refractivity (Wildman–Crippen MR) is 81.8 cm³/mol. The summed E-state index contributed by atoms with van der Waals surface area (Å²) in [7, 11) is 1.54. The number of urea groups is 1. The van der Waals surface area contributed by atoms with Gasteiger partial charge >= 0.3 is 6.03 Å². The average molecular weight is 291 g/mol. The van der Waals surface area contributed by atoms with Crippen molar-refractivity contribution < 1.29 is 9.53 Å². The van der Waals surface area contributed by atoms with Gasteiger partial charge in [0.15, 0.2) is 0 Å². The Labute approximate surface area is 122 Å². The molecule has 0 bridgehead atoms. The van der Waals surface area contributed by atoms with Crippen LogP contribution in [0, 0.1) is 6.92 Å². The zero-order valence-electron chi connectivity index (χ0n) is 11.2. The van der Waals surface area contributed by atoms with E-state index in [2.05, 4.69) is 10.6 Å². The minimum absolute atomic E-state index is 0.319. The van der Waals surface area contributed by atoms with E-state index in [1.165, 1.54) is 0 Å². The van der Waals surface area contributed by atoms with Gasteiger partial charge in [-0.05, 0) is 36.8 Å². The van der Waals surface area contributed by atoms with Crippen LogP contribution in [-0.2, 0) is 0 Å². The second-order valence-corrected chi connectivity index (χ2v) is 4.65. The number of benzene rings is 2. The highest BCUT2D eigenvalue weighted by Gasteiger charge is 2.06. The monoisotopic (exact) mass is 290 g/mol. The molecule has 0 aliphatic rings.